The minimum atomic E-state index is -3.90. The van der Waals surface area contributed by atoms with E-state index in [1.165, 1.54) is 26.2 Å². The fourth-order valence-electron chi connectivity index (χ4n) is 1.42. The van der Waals surface area contributed by atoms with Crippen LogP contribution in [0.4, 0.5) is 0 Å². The average molecular weight is 336 g/mol. The number of sulfonamides is 2. The van der Waals surface area contributed by atoms with E-state index in [0.29, 0.717) is 0 Å². The molecule has 1 aromatic rings. The fraction of sp³-hybridized carbons (Fsp3) is 0.364. The van der Waals surface area contributed by atoms with Crippen LogP contribution in [0, 0.1) is 0 Å². The summed E-state index contributed by atoms with van der Waals surface area (Å²) in [6, 6.07) is 4.66. The molecule has 0 spiro atoms. The fourth-order valence-corrected chi connectivity index (χ4v) is 3.27. The van der Waals surface area contributed by atoms with Gasteiger partial charge < -0.3 is 4.74 Å². The van der Waals surface area contributed by atoms with Gasteiger partial charge in [0.1, 0.15) is 6.54 Å². The van der Waals surface area contributed by atoms with Crippen molar-refractivity contribution in [2.75, 3.05) is 27.7 Å². The van der Waals surface area contributed by atoms with Crippen molar-refractivity contribution < 1.29 is 26.4 Å². The van der Waals surface area contributed by atoms with Crippen molar-refractivity contribution in [1.82, 2.24) is 9.03 Å². The van der Waals surface area contributed by atoms with E-state index in [9.17, 15) is 21.6 Å². The minimum Gasteiger partial charge on any atom is -0.468 e. The Bertz CT molecular complexity index is 710. The van der Waals surface area contributed by atoms with Crippen LogP contribution >= 0.6 is 0 Å². The number of hydrogen-bond donors (Lipinski definition) is 1. The number of nitrogens with zero attached hydrogens (tertiary/aromatic N) is 1. The van der Waals surface area contributed by atoms with Crippen molar-refractivity contribution in [3.63, 3.8) is 0 Å². The summed E-state index contributed by atoms with van der Waals surface area (Å²) in [6.45, 7) is -0.435. The summed E-state index contributed by atoms with van der Waals surface area (Å²) in [7, 11) is -3.90. The molecule has 118 valence electrons. The van der Waals surface area contributed by atoms with E-state index < -0.39 is 32.6 Å². The SMILES string of the molecule is CNS(=O)(=O)c1ccc(S(=O)(=O)N(C)CC(=O)OC)cc1. The Morgan fingerprint density at radius 1 is 1.14 bits per heavy atom. The molecule has 0 fully saturated rings. The quantitative estimate of drug-likeness (QED) is 0.694. The van der Waals surface area contributed by atoms with E-state index >= 15 is 0 Å². The van der Waals surface area contributed by atoms with Crippen LogP contribution in [0.1, 0.15) is 0 Å². The zero-order chi connectivity index (χ0) is 16.3. The third-order valence-corrected chi connectivity index (χ3v) is 5.94. The van der Waals surface area contributed by atoms with Crippen molar-refractivity contribution >= 4 is 26.0 Å². The summed E-state index contributed by atoms with van der Waals surface area (Å²) < 4.78 is 54.8. The third kappa shape index (κ3) is 4.00. The topological polar surface area (TPSA) is 110 Å². The predicted octanol–water partition coefficient (Wildman–Crippen LogP) is -0.612. The van der Waals surface area contributed by atoms with Gasteiger partial charge in [-0.2, -0.15) is 4.31 Å². The number of carbonyl (C=O) groups excluding carboxylic acids is 1. The lowest BCUT2D eigenvalue weighted by atomic mass is 10.4. The summed E-state index contributed by atoms with van der Waals surface area (Å²) in [5.74, 6) is -0.699. The maximum absolute atomic E-state index is 12.2. The van der Waals surface area contributed by atoms with Gasteiger partial charge in [0.2, 0.25) is 20.0 Å². The molecule has 0 unspecified atom stereocenters. The van der Waals surface area contributed by atoms with E-state index in [2.05, 4.69) is 9.46 Å². The zero-order valence-electron chi connectivity index (χ0n) is 11.7. The average Bonchev–Trinajstić information content (AvgIpc) is 2.47. The van der Waals surface area contributed by atoms with Gasteiger partial charge in [0.05, 0.1) is 16.9 Å². The molecule has 0 saturated carbocycles. The van der Waals surface area contributed by atoms with Crippen LogP contribution in [0.3, 0.4) is 0 Å². The lowest BCUT2D eigenvalue weighted by molar-refractivity contribution is -0.140. The Balaban J connectivity index is 3.08. The van der Waals surface area contributed by atoms with Gasteiger partial charge in [-0.15, -0.1) is 0 Å². The molecule has 0 aliphatic carbocycles. The highest BCUT2D eigenvalue weighted by Gasteiger charge is 2.24. The summed E-state index contributed by atoms with van der Waals surface area (Å²) in [5, 5.41) is 0. The normalized spacial score (nSPS) is 12.4. The van der Waals surface area contributed by atoms with E-state index in [-0.39, 0.29) is 9.79 Å². The predicted molar refractivity (Wildman–Crippen MR) is 74.5 cm³/mol. The van der Waals surface area contributed by atoms with Gasteiger partial charge in [-0.3, -0.25) is 4.79 Å². The highest BCUT2D eigenvalue weighted by molar-refractivity contribution is 7.89. The van der Waals surface area contributed by atoms with Crippen LogP contribution in [-0.4, -0.2) is 54.9 Å². The first kappa shape index (κ1) is 17.6. The van der Waals surface area contributed by atoms with E-state index in [4.69, 9.17) is 0 Å². The van der Waals surface area contributed by atoms with Gasteiger partial charge in [0.15, 0.2) is 0 Å². The molecule has 0 amide bonds. The van der Waals surface area contributed by atoms with Crippen molar-refractivity contribution in [3.05, 3.63) is 24.3 Å². The van der Waals surface area contributed by atoms with Gasteiger partial charge in [-0.1, -0.05) is 0 Å². The highest BCUT2D eigenvalue weighted by Crippen LogP contribution is 2.17. The molecule has 1 N–H and O–H groups in total. The molecule has 0 heterocycles. The number of benzene rings is 1. The Labute approximate surface area is 123 Å². The third-order valence-electron chi connectivity index (χ3n) is 2.69. The van der Waals surface area contributed by atoms with Crippen LogP contribution in [-0.2, 0) is 29.6 Å². The number of methoxy groups -OCH3 is 1. The Kier molecular flexibility index (Phi) is 5.45. The molecule has 0 atom stereocenters. The molecular formula is C11H16N2O6S2. The second kappa shape index (κ2) is 6.52. The van der Waals surface area contributed by atoms with E-state index in [1.54, 1.807) is 0 Å². The number of nitrogens with one attached hydrogen (secondary N) is 1. The zero-order valence-corrected chi connectivity index (χ0v) is 13.4. The van der Waals surface area contributed by atoms with Crippen molar-refractivity contribution in [2.24, 2.45) is 0 Å². The van der Waals surface area contributed by atoms with Crippen LogP contribution < -0.4 is 4.72 Å². The first-order valence-corrected chi connectivity index (χ1v) is 8.64. The molecule has 0 aromatic heterocycles. The lowest BCUT2D eigenvalue weighted by Crippen LogP contribution is -2.32. The molecule has 0 bridgehead atoms. The van der Waals surface area contributed by atoms with Crippen molar-refractivity contribution in [2.45, 2.75) is 9.79 Å². The largest absolute Gasteiger partial charge is 0.468 e. The molecule has 8 nitrogen and oxygen atoms in total. The molecule has 1 rings (SSSR count). The number of esters is 1. The second-order valence-corrected chi connectivity index (χ2v) is 7.95. The van der Waals surface area contributed by atoms with Gasteiger partial charge >= 0.3 is 5.97 Å². The molecule has 0 aliphatic heterocycles. The lowest BCUT2D eigenvalue weighted by Gasteiger charge is -2.16. The Morgan fingerprint density at radius 2 is 1.62 bits per heavy atom. The minimum absolute atomic E-state index is 0.0560. The monoisotopic (exact) mass is 336 g/mol. The standard InChI is InChI=1S/C11H16N2O6S2/c1-12-20(15,16)9-4-6-10(7-5-9)21(17,18)13(2)8-11(14)19-3/h4-7,12H,8H2,1-3H3. The number of ether oxygens (including phenoxy) is 1. The first-order chi connectivity index (χ1) is 9.65. The van der Waals surface area contributed by atoms with Crippen molar-refractivity contribution in [1.29, 1.82) is 0 Å². The van der Waals surface area contributed by atoms with E-state index in [0.717, 1.165) is 23.5 Å². The maximum Gasteiger partial charge on any atom is 0.321 e. The van der Waals surface area contributed by atoms with Crippen LogP contribution in [0.2, 0.25) is 0 Å². The summed E-state index contributed by atoms with van der Waals surface area (Å²) >= 11 is 0. The number of likely N-dealkylation sites (N-methyl/N-ethyl adjacent to an activating group) is 1. The molecule has 0 saturated heterocycles. The first-order valence-electron chi connectivity index (χ1n) is 5.72. The molecule has 10 heteroatoms. The number of hydrogen-bond acceptors (Lipinski definition) is 6. The second-order valence-electron chi connectivity index (χ2n) is 4.02. The van der Waals surface area contributed by atoms with E-state index in [1.807, 2.05) is 0 Å². The Morgan fingerprint density at radius 3 is 2.05 bits per heavy atom. The maximum atomic E-state index is 12.2. The summed E-state index contributed by atoms with van der Waals surface area (Å²) in [6.07, 6.45) is 0. The van der Waals surface area contributed by atoms with Gasteiger partial charge in [-0.05, 0) is 31.3 Å². The molecular weight excluding hydrogens is 320 g/mol. The van der Waals surface area contributed by atoms with Crippen LogP contribution in [0.15, 0.2) is 34.1 Å². The van der Waals surface area contributed by atoms with Gasteiger partial charge in [0.25, 0.3) is 0 Å². The van der Waals surface area contributed by atoms with Gasteiger partial charge in [0, 0.05) is 7.05 Å². The number of carbonyl (C=O) groups is 1. The molecule has 0 radical (unpaired) electrons. The smallest absolute Gasteiger partial charge is 0.321 e. The van der Waals surface area contributed by atoms with Gasteiger partial charge in [-0.25, -0.2) is 21.6 Å². The summed E-state index contributed by atoms with van der Waals surface area (Å²) in [4.78, 5) is 10.9. The molecule has 0 aliphatic rings. The highest BCUT2D eigenvalue weighted by atomic mass is 32.2. The summed E-state index contributed by atoms with van der Waals surface area (Å²) in [5.41, 5.74) is 0. The molecule has 21 heavy (non-hydrogen) atoms. The Hall–Kier alpha value is -1.49. The van der Waals surface area contributed by atoms with Crippen molar-refractivity contribution in [3.8, 4) is 0 Å². The van der Waals surface area contributed by atoms with Crippen LogP contribution in [0.25, 0.3) is 0 Å². The number of rotatable bonds is 6. The molecule has 1 aromatic carbocycles. The van der Waals surface area contributed by atoms with Crippen LogP contribution in [0.5, 0.6) is 0 Å².